The molecule has 1 aliphatic heterocycles. The molecule has 1 amide bonds. The van der Waals surface area contributed by atoms with E-state index in [9.17, 15) is 14.7 Å². The van der Waals surface area contributed by atoms with E-state index < -0.39 is 17.7 Å². The van der Waals surface area contributed by atoms with Gasteiger partial charge in [0, 0.05) is 17.3 Å². The number of hydrogen-bond acceptors (Lipinski definition) is 6. The fraction of sp³-hybridized carbons (Fsp3) is 0.267. The third-order valence-corrected chi connectivity index (χ3v) is 6.30. The number of ketones is 1. The first kappa shape index (κ1) is 25.8. The summed E-state index contributed by atoms with van der Waals surface area (Å²) in [5.41, 5.74) is 3.33. The molecule has 1 saturated heterocycles. The number of hydrogen-bond donors (Lipinski definition) is 1. The minimum absolute atomic E-state index is 0.0238. The highest BCUT2D eigenvalue weighted by Crippen LogP contribution is 2.44. The van der Waals surface area contributed by atoms with E-state index in [0.29, 0.717) is 52.8 Å². The zero-order valence-electron chi connectivity index (χ0n) is 21.7. The van der Waals surface area contributed by atoms with Crippen molar-refractivity contribution < 1.29 is 28.9 Å². The topological polar surface area (TPSA) is 85.3 Å². The number of aliphatic hydroxyl groups is 1. The van der Waals surface area contributed by atoms with Crippen LogP contribution in [0.15, 0.2) is 66.2 Å². The first-order valence-electron chi connectivity index (χ1n) is 12.2. The minimum Gasteiger partial charge on any atom is -0.507 e. The predicted molar refractivity (Wildman–Crippen MR) is 142 cm³/mol. The number of aryl methyl sites for hydroxylation is 2. The molecule has 1 aliphatic rings. The number of benzene rings is 3. The fourth-order valence-corrected chi connectivity index (χ4v) is 4.62. The number of anilines is 1. The lowest BCUT2D eigenvalue weighted by Crippen LogP contribution is -2.29. The van der Waals surface area contributed by atoms with E-state index in [1.54, 1.807) is 43.5 Å². The molecule has 0 spiro atoms. The molecule has 0 bridgehead atoms. The van der Waals surface area contributed by atoms with Crippen LogP contribution >= 0.6 is 0 Å². The van der Waals surface area contributed by atoms with Gasteiger partial charge in [-0.15, -0.1) is 0 Å². The van der Waals surface area contributed by atoms with Gasteiger partial charge in [0.15, 0.2) is 11.5 Å². The van der Waals surface area contributed by atoms with Gasteiger partial charge >= 0.3 is 0 Å². The summed E-state index contributed by atoms with van der Waals surface area (Å²) in [7, 11) is 1.56. The number of carbonyl (C=O) groups excluding carboxylic acids is 2. The Morgan fingerprint density at radius 2 is 1.65 bits per heavy atom. The molecule has 1 fully saturated rings. The Bertz CT molecular complexity index is 1380. The molecule has 37 heavy (non-hydrogen) atoms. The Morgan fingerprint density at radius 1 is 0.919 bits per heavy atom. The number of carbonyl (C=O) groups is 2. The second-order valence-electron chi connectivity index (χ2n) is 8.76. The largest absolute Gasteiger partial charge is 0.507 e. The molecule has 0 saturated carbocycles. The highest BCUT2D eigenvalue weighted by Gasteiger charge is 2.47. The zero-order chi connectivity index (χ0) is 26.7. The van der Waals surface area contributed by atoms with Gasteiger partial charge in [0.2, 0.25) is 0 Å². The van der Waals surface area contributed by atoms with Crippen LogP contribution in [0.3, 0.4) is 0 Å². The van der Waals surface area contributed by atoms with Crippen molar-refractivity contribution in [2.45, 2.75) is 33.7 Å². The standard InChI is InChI=1S/C30H31NO6/c1-6-36-24-14-11-21(17-25(24)37-7-2)31-27(20-10-8-9-18(3)15-20)26(29(33)30(31)34)28(32)23-13-12-22(35-5)16-19(23)4/h8-17,27,32H,6-7H2,1-5H3/b28-26+. The molecular formula is C30H31NO6. The molecule has 1 atom stereocenters. The van der Waals surface area contributed by atoms with Crippen LogP contribution in [0.1, 0.15) is 42.1 Å². The summed E-state index contributed by atoms with van der Waals surface area (Å²) in [6.45, 7) is 8.35. The van der Waals surface area contributed by atoms with Crippen molar-refractivity contribution in [2.75, 3.05) is 25.2 Å². The van der Waals surface area contributed by atoms with Gasteiger partial charge in [0.1, 0.15) is 11.5 Å². The molecule has 192 valence electrons. The highest BCUT2D eigenvalue weighted by atomic mass is 16.5. The van der Waals surface area contributed by atoms with Crippen LogP contribution in [0.5, 0.6) is 17.2 Å². The molecule has 3 aromatic rings. The van der Waals surface area contributed by atoms with Crippen molar-refractivity contribution in [3.8, 4) is 17.2 Å². The third kappa shape index (κ3) is 4.89. The summed E-state index contributed by atoms with van der Waals surface area (Å²) in [6, 6.07) is 17.0. The van der Waals surface area contributed by atoms with Crippen LogP contribution in [0.2, 0.25) is 0 Å². The quantitative estimate of drug-likeness (QED) is 0.241. The van der Waals surface area contributed by atoms with E-state index >= 15 is 0 Å². The molecule has 7 heteroatoms. The van der Waals surface area contributed by atoms with Crippen LogP contribution in [-0.4, -0.2) is 37.1 Å². The second kappa shape index (κ2) is 10.8. The molecule has 7 nitrogen and oxygen atoms in total. The monoisotopic (exact) mass is 501 g/mol. The lowest BCUT2D eigenvalue weighted by Gasteiger charge is -2.26. The van der Waals surface area contributed by atoms with Gasteiger partial charge in [-0.3, -0.25) is 14.5 Å². The van der Waals surface area contributed by atoms with Gasteiger partial charge in [-0.2, -0.15) is 0 Å². The molecule has 1 unspecified atom stereocenters. The van der Waals surface area contributed by atoms with Crippen molar-refractivity contribution >= 4 is 23.1 Å². The summed E-state index contributed by atoms with van der Waals surface area (Å²) in [5, 5.41) is 11.5. The zero-order valence-corrected chi connectivity index (χ0v) is 21.7. The van der Waals surface area contributed by atoms with Crippen molar-refractivity contribution in [1.82, 2.24) is 0 Å². The second-order valence-corrected chi connectivity index (χ2v) is 8.76. The van der Waals surface area contributed by atoms with E-state index in [4.69, 9.17) is 14.2 Å². The van der Waals surface area contributed by atoms with Crippen molar-refractivity contribution in [3.63, 3.8) is 0 Å². The first-order chi connectivity index (χ1) is 17.8. The Labute approximate surface area is 216 Å². The molecule has 0 aliphatic carbocycles. The number of nitrogens with zero attached hydrogens (tertiary/aromatic N) is 1. The van der Waals surface area contributed by atoms with Crippen LogP contribution in [0.4, 0.5) is 5.69 Å². The lowest BCUT2D eigenvalue weighted by molar-refractivity contribution is -0.132. The first-order valence-corrected chi connectivity index (χ1v) is 12.2. The van der Waals surface area contributed by atoms with Gasteiger partial charge in [-0.05, 0) is 69.2 Å². The number of ether oxygens (including phenoxy) is 3. The van der Waals surface area contributed by atoms with Crippen LogP contribution in [0.25, 0.3) is 5.76 Å². The number of amides is 1. The number of rotatable bonds is 8. The van der Waals surface area contributed by atoms with E-state index in [-0.39, 0.29) is 11.3 Å². The molecule has 1 N–H and O–H groups in total. The predicted octanol–water partition coefficient (Wildman–Crippen LogP) is 5.74. The average Bonchev–Trinajstić information content (AvgIpc) is 3.15. The van der Waals surface area contributed by atoms with Crippen LogP contribution < -0.4 is 19.1 Å². The lowest BCUT2D eigenvalue weighted by atomic mass is 9.93. The summed E-state index contributed by atoms with van der Waals surface area (Å²) < 4.78 is 16.7. The van der Waals surface area contributed by atoms with Crippen molar-refractivity contribution in [3.05, 3.63) is 88.5 Å². The van der Waals surface area contributed by atoms with Crippen molar-refractivity contribution in [1.29, 1.82) is 0 Å². The normalized spacial score (nSPS) is 16.7. The van der Waals surface area contributed by atoms with Gasteiger partial charge in [0.05, 0.1) is 31.9 Å². The number of methoxy groups -OCH3 is 1. The van der Waals surface area contributed by atoms with Gasteiger partial charge in [-0.25, -0.2) is 0 Å². The van der Waals surface area contributed by atoms with Gasteiger partial charge in [0.25, 0.3) is 11.7 Å². The Kier molecular flexibility index (Phi) is 7.53. The van der Waals surface area contributed by atoms with E-state index in [0.717, 1.165) is 5.56 Å². The number of aliphatic hydroxyl groups excluding tert-OH is 1. The SMILES string of the molecule is CCOc1ccc(N2C(=O)C(=O)/C(=C(/O)c3ccc(OC)cc3C)C2c2cccc(C)c2)cc1OCC. The van der Waals surface area contributed by atoms with Crippen molar-refractivity contribution in [2.24, 2.45) is 0 Å². The molecule has 3 aromatic carbocycles. The van der Waals surface area contributed by atoms with Gasteiger partial charge < -0.3 is 19.3 Å². The van der Waals surface area contributed by atoms with E-state index in [1.165, 1.54) is 4.90 Å². The summed E-state index contributed by atoms with van der Waals surface area (Å²) >= 11 is 0. The van der Waals surface area contributed by atoms with Crippen LogP contribution in [-0.2, 0) is 9.59 Å². The molecule has 4 rings (SSSR count). The Balaban J connectivity index is 1.94. The minimum atomic E-state index is -0.839. The molecule has 1 heterocycles. The van der Waals surface area contributed by atoms with E-state index in [1.807, 2.05) is 52.0 Å². The molecular weight excluding hydrogens is 470 g/mol. The fourth-order valence-electron chi connectivity index (χ4n) is 4.62. The Morgan fingerprint density at radius 3 is 2.30 bits per heavy atom. The maximum atomic E-state index is 13.5. The molecule has 0 aromatic heterocycles. The Hall–Kier alpha value is -4.26. The van der Waals surface area contributed by atoms with Crippen LogP contribution in [0, 0.1) is 13.8 Å². The third-order valence-electron chi connectivity index (χ3n) is 6.30. The summed E-state index contributed by atoms with van der Waals surface area (Å²) in [4.78, 5) is 28.4. The van der Waals surface area contributed by atoms with Gasteiger partial charge in [-0.1, -0.05) is 29.8 Å². The van der Waals surface area contributed by atoms with E-state index in [2.05, 4.69) is 0 Å². The summed E-state index contributed by atoms with van der Waals surface area (Å²) in [6.07, 6.45) is 0. The summed E-state index contributed by atoms with van der Waals surface area (Å²) in [5.74, 6) is -0.0775. The molecule has 0 radical (unpaired) electrons. The maximum absolute atomic E-state index is 13.5. The smallest absolute Gasteiger partial charge is 0.300 e. The maximum Gasteiger partial charge on any atom is 0.300 e. The highest BCUT2D eigenvalue weighted by molar-refractivity contribution is 6.51. The number of Topliss-reactive ketones (excluding diaryl/α,β-unsaturated/α-hetero) is 1. The average molecular weight is 502 g/mol.